The highest BCUT2D eigenvalue weighted by molar-refractivity contribution is 5.76. The molecule has 0 bridgehead atoms. The molecule has 7 nitrogen and oxygen atoms in total. The molecule has 1 fully saturated rings. The van der Waals surface area contributed by atoms with E-state index in [4.69, 9.17) is 4.74 Å². The molecular weight excluding hydrogens is 620 g/mol. The molecule has 0 radical (unpaired) electrons. The van der Waals surface area contributed by atoms with Gasteiger partial charge in [-0.25, -0.2) is 9.59 Å². The molecule has 1 saturated heterocycles. The highest BCUT2D eigenvalue weighted by Crippen LogP contribution is 2.27. The van der Waals surface area contributed by atoms with Crippen LogP contribution in [0.3, 0.4) is 0 Å². The van der Waals surface area contributed by atoms with Crippen LogP contribution in [0.25, 0.3) is 11.0 Å². The number of ether oxygens (including phenoxy) is 1. The summed E-state index contributed by atoms with van der Waals surface area (Å²) in [5.74, 6) is 0. The molecule has 0 N–H and O–H groups in total. The van der Waals surface area contributed by atoms with Crippen molar-refractivity contribution in [3.05, 3.63) is 178 Å². The van der Waals surface area contributed by atoms with E-state index < -0.39 is 0 Å². The van der Waals surface area contributed by atoms with Gasteiger partial charge in [0.25, 0.3) is 0 Å². The monoisotopic (exact) mass is 664 g/mol. The van der Waals surface area contributed by atoms with Crippen LogP contribution in [0.5, 0.6) is 0 Å². The number of imidazole rings is 1. The minimum atomic E-state index is -0.292. The lowest BCUT2D eigenvalue weighted by Gasteiger charge is -2.34. The fourth-order valence-corrected chi connectivity index (χ4v) is 7.20. The zero-order valence-electron chi connectivity index (χ0n) is 28.4. The normalized spacial score (nSPS) is 14.2. The molecule has 7 heteroatoms. The molecule has 0 saturated carbocycles. The van der Waals surface area contributed by atoms with E-state index in [1.54, 1.807) is 0 Å². The number of carbonyl (C=O) groups is 1. The second-order valence-electron chi connectivity index (χ2n) is 13.2. The number of amides is 1. The summed E-state index contributed by atoms with van der Waals surface area (Å²) >= 11 is 0. The van der Waals surface area contributed by atoms with Gasteiger partial charge in [0.15, 0.2) is 0 Å². The van der Waals surface area contributed by atoms with Crippen molar-refractivity contribution in [2.24, 2.45) is 0 Å². The van der Waals surface area contributed by atoms with Crippen LogP contribution in [0.1, 0.15) is 41.1 Å². The molecule has 0 aliphatic carbocycles. The standard InChI is InChI=1S/C43H44N4O3/c48-42-46(32-37-21-11-4-12-22-37)40-23-13-14-24-41(40)47(42)38-25-27-44(28-26-38)43(49)50-33-39(29-34-15-5-1-6-16-34)45(30-35-17-7-2-8-18-35)31-36-19-9-3-10-20-36/h1-24,38-39H,25-33H2/t39-/m0/s1. The number of nitrogens with zero attached hydrogens (tertiary/aromatic N) is 4. The molecule has 1 aliphatic rings. The lowest BCUT2D eigenvalue weighted by molar-refractivity contribution is 0.0517. The summed E-state index contributed by atoms with van der Waals surface area (Å²) in [7, 11) is 0. The first-order valence-electron chi connectivity index (χ1n) is 17.6. The largest absolute Gasteiger partial charge is 0.448 e. The predicted molar refractivity (Wildman–Crippen MR) is 199 cm³/mol. The van der Waals surface area contributed by atoms with Gasteiger partial charge in [-0.1, -0.05) is 133 Å². The van der Waals surface area contributed by atoms with Crippen molar-refractivity contribution < 1.29 is 9.53 Å². The number of carbonyl (C=O) groups excluding carboxylic acids is 1. The molecule has 1 aliphatic heterocycles. The van der Waals surface area contributed by atoms with Crippen LogP contribution in [-0.2, 0) is 30.8 Å². The van der Waals surface area contributed by atoms with Crippen LogP contribution in [0.15, 0.2) is 150 Å². The van der Waals surface area contributed by atoms with Crippen LogP contribution >= 0.6 is 0 Å². The Kier molecular flexibility index (Phi) is 10.5. The van der Waals surface area contributed by atoms with E-state index in [9.17, 15) is 9.59 Å². The molecule has 6 aromatic rings. The Hall–Kier alpha value is -5.40. The van der Waals surface area contributed by atoms with Gasteiger partial charge < -0.3 is 9.64 Å². The maximum atomic E-state index is 13.9. The molecule has 7 rings (SSSR count). The number of para-hydroxylation sites is 2. The van der Waals surface area contributed by atoms with Crippen LogP contribution in [-0.4, -0.2) is 50.8 Å². The van der Waals surface area contributed by atoms with E-state index in [0.717, 1.165) is 36.1 Å². The fraction of sp³-hybridized carbons (Fsp3) is 0.256. The Morgan fingerprint density at radius 3 is 1.68 bits per heavy atom. The third-order valence-electron chi connectivity index (χ3n) is 9.83. The topological polar surface area (TPSA) is 59.7 Å². The molecular formula is C43H44N4O3. The van der Waals surface area contributed by atoms with Crippen molar-refractivity contribution in [2.75, 3.05) is 19.7 Å². The van der Waals surface area contributed by atoms with Gasteiger partial charge >= 0.3 is 11.8 Å². The van der Waals surface area contributed by atoms with Gasteiger partial charge in [-0.3, -0.25) is 14.0 Å². The van der Waals surface area contributed by atoms with Crippen molar-refractivity contribution in [1.29, 1.82) is 0 Å². The lowest BCUT2D eigenvalue weighted by Crippen LogP contribution is -2.44. The minimum absolute atomic E-state index is 0.00300. The summed E-state index contributed by atoms with van der Waals surface area (Å²) in [6.07, 6.45) is 1.84. The minimum Gasteiger partial charge on any atom is -0.448 e. The first kappa shape index (κ1) is 33.1. The quantitative estimate of drug-likeness (QED) is 0.133. The first-order valence-corrected chi connectivity index (χ1v) is 17.6. The third kappa shape index (κ3) is 7.90. The second kappa shape index (κ2) is 15.9. The van der Waals surface area contributed by atoms with Gasteiger partial charge in [-0.15, -0.1) is 0 Å². The van der Waals surface area contributed by atoms with E-state index in [0.29, 0.717) is 32.5 Å². The van der Waals surface area contributed by atoms with E-state index in [1.807, 2.05) is 74.7 Å². The molecule has 1 aromatic heterocycles. The molecule has 254 valence electrons. The number of likely N-dealkylation sites (tertiary alicyclic amines) is 1. The van der Waals surface area contributed by atoms with Crippen LogP contribution in [0.4, 0.5) is 4.79 Å². The highest BCUT2D eigenvalue weighted by Gasteiger charge is 2.29. The van der Waals surface area contributed by atoms with Crippen molar-refractivity contribution in [3.63, 3.8) is 0 Å². The van der Waals surface area contributed by atoms with Crippen LogP contribution in [0, 0.1) is 0 Å². The molecule has 50 heavy (non-hydrogen) atoms. The predicted octanol–water partition coefficient (Wildman–Crippen LogP) is 7.94. The molecule has 0 spiro atoms. The Balaban J connectivity index is 1.05. The molecule has 5 aromatic carbocycles. The van der Waals surface area contributed by atoms with Gasteiger partial charge in [0.2, 0.25) is 0 Å². The number of rotatable bonds is 12. The van der Waals surface area contributed by atoms with Crippen LogP contribution in [0.2, 0.25) is 0 Å². The zero-order valence-corrected chi connectivity index (χ0v) is 28.4. The Morgan fingerprint density at radius 2 is 1.12 bits per heavy atom. The number of benzene rings is 5. The maximum Gasteiger partial charge on any atom is 0.409 e. The van der Waals surface area contributed by atoms with Crippen molar-refractivity contribution in [3.8, 4) is 0 Å². The summed E-state index contributed by atoms with van der Waals surface area (Å²) in [6, 6.07) is 49.5. The summed E-state index contributed by atoms with van der Waals surface area (Å²) in [5.41, 5.74) is 6.60. The Bertz CT molecular complexity index is 1980. The summed E-state index contributed by atoms with van der Waals surface area (Å²) in [4.78, 5) is 31.7. The van der Waals surface area contributed by atoms with Crippen LogP contribution < -0.4 is 5.69 Å². The first-order chi connectivity index (χ1) is 24.6. The van der Waals surface area contributed by atoms with Crippen molar-refractivity contribution in [1.82, 2.24) is 18.9 Å². The number of piperidine rings is 1. The molecule has 1 amide bonds. The zero-order chi connectivity index (χ0) is 34.1. The van der Waals surface area contributed by atoms with Gasteiger partial charge in [0.05, 0.1) is 17.6 Å². The maximum absolute atomic E-state index is 13.9. The molecule has 0 unspecified atom stereocenters. The van der Waals surface area contributed by atoms with Gasteiger partial charge in [-0.05, 0) is 53.6 Å². The van der Waals surface area contributed by atoms with Gasteiger partial charge in [0.1, 0.15) is 6.61 Å². The number of hydrogen-bond donors (Lipinski definition) is 0. The molecule has 2 heterocycles. The highest BCUT2D eigenvalue weighted by atomic mass is 16.6. The van der Waals surface area contributed by atoms with E-state index in [-0.39, 0.29) is 30.5 Å². The average molecular weight is 665 g/mol. The van der Waals surface area contributed by atoms with Gasteiger partial charge in [0, 0.05) is 38.3 Å². The van der Waals surface area contributed by atoms with Crippen molar-refractivity contribution >= 4 is 17.1 Å². The Labute approximate surface area is 294 Å². The third-order valence-corrected chi connectivity index (χ3v) is 9.83. The van der Waals surface area contributed by atoms with Crippen molar-refractivity contribution in [2.45, 2.75) is 51.0 Å². The lowest BCUT2D eigenvalue weighted by atomic mass is 10.0. The smallest absolute Gasteiger partial charge is 0.409 e. The fourth-order valence-electron chi connectivity index (χ4n) is 7.20. The van der Waals surface area contributed by atoms with E-state index >= 15 is 0 Å². The average Bonchev–Trinajstić information content (AvgIpc) is 3.45. The van der Waals surface area contributed by atoms with E-state index in [2.05, 4.69) is 89.8 Å². The number of fused-ring (bicyclic) bond motifs is 1. The van der Waals surface area contributed by atoms with Gasteiger partial charge in [-0.2, -0.15) is 0 Å². The summed E-state index contributed by atoms with van der Waals surface area (Å²) in [5, 5.41) is 0. The Morgan fingerprint density at radius 1 is 0.640 bits per heavy atom. The number of aromatic nitrogens is 2. The number of hydrogen-bond acceptors (Lipinski definition) is 4. The molecule has 1 atom stereocenters. The summed E-state index contributed by atoms with van der Waals surface area (Å²) in [6.45, 7) is 3.35. The summed E-state index contributed by atoms with van der Waals surface area (Å²) < 4.78 is 9.97. The SMILES string of the molecule is O=C(OC[C@H](Cc1ccccc1)N(Cc1ccccc1)Cc1ccccc1)N1CCC(n2c(=O)n(Cc3ccccc3)c3ccccc32)CC1. The van der Waals surface area contributed by atoms with E-state index in [1.165, 1.54) is 16.7 Å². The second-order valence-corrected chi connectivity index (χ2v) is 13.2.